The number of fused-ring (bicyclic) bond motifs is 1. The monoisotopic (exact) mass is 380 g/mol. The Balaban J connectivity index is 1.37. The van der Waals surface area contributed by atoms with Gasteiger partial charge in [0.2, 0.25) is 0 Å². The summed E-state index contributed by atoms with van der Waals surface area (Å²) in [5, 5.41) is 6.91. The highest BCUT2D eigenvalue weighted by molar-refractivity contribution is 7.13. The van der Waals surface area contributed by atoms with Gasteiger partial charge in [-0.25, -0.2) is 9.97 Å². The number of hydrogen-bond donors (Lipinski definition) is 1. The minimum Gasteiger partial charge on any atom is -0.380 e. The second-order valence-corrected chi connectivity index (χ2v) is 8.31. The predicted molar refractivity (Wildman–Crippen MR) is 110 cm³/mol. The molecule has 1 N–H and O–H groups in total. The highest BCUT2D eigenvalue weighted by Crippen LogP contribution is 2.29. The number of para-hydroxylation sites is 1. The molecule has 0 saturated carbocycles. The first-order chi connectivity index (χ1) is 13.4. The Morgan fingerprint density at radius 2 is 1.93 bits per heavy atom. The number of ether oxygens (including phenoxy) is 1. The summed E-state index contributed by atoms with van der Waals surface area (Å²) >= 11 is 1.68. The summed E-state index contributed by atoms with van der Waals surface area (Å²) in [5.74, 6) is 1.78. The molecule has 2 fully saturated rings. The van der Waals surface area contributed by atoms with E-state index in [1.807, 2.05) is 12.1 Å². The third kappa shape index (κ3) is 3.57. The minimum atomic E-state index is 0.457. The van der Waals surface area contributed by atoms with Crippen LogP contribution in [-0.2, 0) is 4.74 Å². The van der Waals surface area contributed by atoms with Crippen molar-refractivity contribution < 1.29 is 4.74 Å². The number of anilines is 1. The van der Waals surface area contributed by atoms with Gasteiger partial charge < -0.3 is 10.1 Å². The molecule has 0 amide bonds. The number of benzene rings is 1. The van der Waals surface area contributed by atoms with Crippen LogP contribution in [-0.4, -0.2) is 53.3 Å². The Bertz CT molecular complexity index is 900. The number of aromatic nitrogens is 2. The molecular formula is C21H24N4OS. The topological polar surface area (TPSA) is 50.3 Å². The summed E-state index contributed by atoms with van der Waals surface area (Å²) < 4.78 is 5.56. The zero-order valence-electron chi connectivity index (χ0n) is 15.3. The molecule has 0 radical (unpaired) electrons. The summed E-state index contributed by atoms with van der Waals surface area (Å²) in [6.45, 7) is 4.08. The number of nitrogens with one attached hydrogen (secondary N) is 1. The molecule has 2 saturated heterocycles. The largest absolute Gasteiger partial charge is 0.380 e. The average molecular weight is 381 g/mol. The average Bonchev–Trinajstić information content (AvgIpc) is 3.43. The van der Waals surface area contributed by atoms with Crippen molar-refractivity contribution in [2.75, 3.05) is 31.6 Å². The standard InChI is InChI=1S/C21H24N4OS/c1-2-5-18-17(4-1)20(24-21(23-18)19-6-3-13-27-19)22-15-7-10-25(11-8-15)16-9-12-26-14-16/h1-6,13,15-16H,7-12,14H2,(H,22,23,24). The normalized spacial score (nSPS) is 21.7. The van der Waals surface area contributed by atoms with Crippen molar-refractivity contribution in [2.24, 2.45) is 0 Å². The van der Waals surface area contributed by atoms with E-state index in [-0.39, 0.29) is 0 Å². The first-order valence-electron chi connectivity index (χ1n) is 9.76. The Labute approximate surface area is 163 Å². The predicted octanol–water partition coefficient (Wildman–Crippen LogP) is 4.02. The van der Waals surface area contributed by atoms with E-state index in [2.05, 4.69) is 39.9 Å². The van der Waals surface area contributed by atoms with E-state index in [1.54, 1.807) is 11.3 Å². The number of nitrogens with zero attached hydrogens (tertiary/aromatic N) is 3. The van der Waals surface area contributed by atoms with Crippen LogP contribution in [0.3, 0.4) is 0 Å². The van der Waals surface area contributed by atoms with E-state index in [9.17, 15) is 0 Å². The van der Waals surface area contributed by atoms with E-state index in [0.717, 1.165) is 66.6 Å². The molecule has 1 aromatic carbocycles. The Kier molecular flexibility index (Phi) is 4.78. The lowest BCUT2D eigenvalue weighted by Gasteiger charge is -2.35. The van der Waals surface area contributed by atoms with Gasteiger partial charge in [-0.2, -0.15) is 0 Å². The number of rotatable bonds is 4. The van der Waals surface area contributed by atoms with Gasteiger partial charge in [-0.05, 0) is 42.8 Å². The van der Waals surface area contributed by atoms with Gasteiger partial charge in [0.15, 0.2) is 5.82 Å². The van der Waals surface area contributed by atoms with Gasteiger partial charge in [-0.3, -0.25) is 4.90 Å². The highest BCUT2D eigenvalue weighted by Gasteiger charge is 2.28. The van der Waals surface area contributed by atoms with Gasteiger partial charge in [-0.1, -0.05) is 18.2 Å². The first-order valence-corrected chi connectivity index (χ1v) is 10.6. The van der Waals surface area contributed by atoms with Crippen LogP contribution in [0.1, 0.15) is 19.3 Å². The van der Waals surface area contributed by atoms with Crippen LogP contribution >= 0.6 is 11.3 Å². The van der Waals surface area contributed by atoms with Crippen molar-refractivity contribution in [3.8, 4) is 10.7 Å². The third-order valence-corrected chi connectivity index (χ3v) is 6.50. The first kappa shape index (κ1) is 17.1. The van der Waals surface area contributed by atoms with Crippen molar-refractivity contribution >= 4 is 28.1 Å². The summed E-state index contributed by atoms with van der Waals surface area (Å²) in [5.41, 5.74) is 0.999. The molecule has 6 heteroatoms. The van der Waals surface area contributed by atoms with Crippen LogP contribution in [0.5, 0.6) is 0 Å². The van der Waals surface area contributed by atoms with Crippen LogP contribution in [0, 0.1) is 0 Å². The van der Waals surface area contributed by atoms with Gasteiger partial charge in [0.25, 0.3) is 0 Å². The maximum Gasteiger partial charge on any atom is 0.172 e. The molecule has 2 aliphatic heterocycles. The quantitative estimate of drug-likeness (QED) is 0.741. The fourth-order valence-electron chi connectivity index (χ4n) is 4.11. The van der Waals surface area contributed by atoms with Crippen molar-refractivity contribution in [1.29, 1.82) is 0 Å². The maximum absolute atomic E-state index is 5.56. The Morgan fingerprint density at radius 1 is 1.04 bits per heavy atom. The van der Waals surface area contributed by atoms with E-state index in [4.69, 9.17) is 14.7 Å². The van der Waals surface area contributed by atoms with Crippen molar-refractivity contribution in [2.45, 2.75) is 31.3 Å². The molecule has 2 aromatic heterocycles. The van der Waals surface area contributed by atoms with Gasteiger partial charge in [0.1, 0.15) is 5.82 Å². The summed E-state index contributed by atoms with van der Waals surface area (Å²) in [6.07, 6.45) is 3.46. The van der Waals surface area contributed by atoms with E-state index < -0.39 is 0 Å². The zero-order chi connectivity index (χ0) is 18.1. The highest BCUT2D eigenvalue weighted by atomic mass is 32.1. The molecule has 0 aliphatic carbocycles. The van der Waals surface area contributed by atoms with Crippen molar-refractivity contribution in [3.05, 3.63) is 41.8 Å². The number of piperidine rings is 1. The summed E-state index contributed by atoms with van der Waals surface area (Å²) in [7, 11) is 0. The lowest BCUT2D eigenvalue weighted by atomic mass is 10.0. The minimum absolute atomic E-state index is 0.457. The molecule has 1 atom stereocenters. The second kappa shape index (κ2) is 7.54. The lowest BCUT2D eigenvalue weighted by Crippen LogP contribution is -2.45. The number of hydrogen-bond acceptors (Lipinski definition) is 6. The van der Waals surface area contributed by atoms with Crippen LogP contribution < -0.4 is 5.32 Å². The molecule has 0 spiro atoms. The van der Waals surface area contributed by atoms with Crippen LogP contribution in [0.25, 0.3) is 21.6 Å². The molecule has 140 valence electrons. The lowest BCUT2D eigenvalue weighted by molar-refractivity contribution is 0.124. The molecular weight excluding hydrogens is 356 g/mol. The van der Waals surface area contributed by atoms with Crippen LogP contribution in [0.4, 0.5) is 5.82 Å². The van der Waals surface area contributed by atoms with Crippen LogP contribution in [0.2, 0.25) is 0 Å². The zero-order valence-corrected chi connectivity index (χ0v) is 16.1. The number of thiophene rings is 1. The SMILES string of the molecule is c1csc(-c2nc(NC3CCN(C4CCOC4)CC3)c3ccccc3n2)c1. The maximum atomic E-state index is 5.56. The molecule has 5 rings (SSSR count). The molecule has 3 aromatic rings. The molecule has 4 heterocycles. The smallest absolute Gasteiger partial charge is 0.172 e. The van der Waals surface area contributed by atoms with Gasteiger partial charge in [0.05, 0.1) is 17.0 Å². The molecule has 0 bridgehead atoms. The Hall–Kier alpha value is -2.02. The molecule has 27 heavy (non-hydrogen) atoms. The second-order valence-electron chi connectivity index (χ2n) is 7.36. The van der Waals surface area contributed by atoms with Gasteiger partial charge in [0, 0.05) is 37.2 Å². The van der Waals surface area contributed by atoms with E-state index in [0.29, 0.717) is 12.1 Å². The molecule has 2 aliphatic rings. The van der Waals surface area contributed by atoms with Crippen molar-refractivity contribution in [1.82, 2.24) is 14.9 Å². The molecule has 5 nitrogen and oxygen atoms in total. The third-order valence-electron chi connectivity index (χ3n) is 5.64. The number of likely N-dealkylation sites (tertiary alicyclic amines) is 1. The fraction of sp³-hybridized carbons (Fsp3) is 0.429. The molecule has 1 unspecified atom stereocenters. The van der Waals surface area contributed by atoms with Crippen molar-refractivity contribution in [3.63, 3.8) is 0 Å². The van der Waals surface area contributed by atoms with Crippen LogP contribution in [0.15, 0.2) is 41.8 Å². The van der Waals surface area contributed by atoms with Gasteiger partial charge >= 0.3 is 0 Å². The fourth-order valence-corrected chi connectivity index (χ4v) is 4.77. The summed E-state index contributed by atoms with van der Waals surface area (Å²) in [6, 6.07) is 13.5. The van der Waals surface area contributed by atoms with E-state index in [1.165, 1.54) is 6.42 Å². The van der Waals surface area contributed by atoms with E-state index >= 15 is 0 Å². The van der Waals surface area contributed by atoms with Gasteiger partial charge in [-0.15, -0.1) is 11.3 Å². The summed E-state index contributed by atoms with van der Waals surface area (Å²) in [4.78, 5) is 13.4. The Morgan fingerprint density at radius 3 is 2.70 bits per heavy atom.